The molecule has 0 saturated carbocycles. The van der Waals surface area contributed by atoms with E-state index in [9.17, 15) is 4.79 Å². The van der Waals surface area contributed by atoms with Crippen molar-refractivity contribution in [2.75, 3.05) is 19.0 Å². The second-order valence-corrected chi connectivity index (χ2v) is 8.97. The third kappa shape index (κ3) is 4.90. The number of benzene rings is 2. The molecule has 8 nitrogen and oxygen atoms in total. The average Bonchev–Trinajstić information content (AvgIpc) is 3.29. The number of methoxy groups -OCH3 is 1. The fraction of sp³-hybridized carbons (Fsp3) is 0.292. The summed E-state index contributed by atoms with van der Waals surface area (Å²) in [5.41, 5.74) is 2.84. The highest BCUT2D eigenvalue weighted by Crippen LogP contribution is 2.43. The summed E-state index contributed by atoms with van der Waals surface area (Å²) in [4.78, 5) is 17.3. The Morgan fingerprint density at radius 2 is 2.03 bits per heavy atom. The van der Waals surface area contributed by atoms with Crippen molar-refractivity contribution in [3.8, 4) is 11.5 Å². The summed E-state index contributed by atoms with van der Waals surface area (Å²) in [5.74, 6) is 1.19. The van der Waals surface area contributed by atoms with Crippen molar-refractivity contribution in [3.63, 3.8) is 0 Å². The number of hydrogen-bond donors (Lipinski definition) is 1. The topological polar surface area (TPSA) is 87.5 Å². The Bertz CT molecular complexity index is 1230. The molecule has 1 aromatic heterocycles. The minimum absolute atomic E-state index is 0.330. The largest absolute Gasteiger partial charge is 0.493 e. The van der Waals surface area contributed by atoms with Crippen molar-refractivity contribution in [1.82, 2.24) is 14.8 Å². The molecule has 178 valence electrons. The van der Waals surface area contributed by atoms with Crippen LogP contribution < -0.4 is 14.8 Å². The van der Waals surface area contributed by atoms with Gasteiger partial charge in [-0.15, -0.1) is 0 Å². The molecular weight excluding hydrogens is 524 g/mol. The van der Waals surface area contributed by atoms with Crippen molar-refractivity contribution in [2.45, 2.75) is 32.9 Å². The summed E-state index contributed by atoms with van der Waals surface area (Å²) in [6.45, 7) is 4.44. The van der Waals surface area contributed by atoms with E-state index in [0.717, 1.165) is 17.5 Å². The first-order valence-electron chi connectivity index (χ1n) is 10.7. The molecule has 4 rings (SSSR count). The number of nitrogens with zero attached hydrogens (tertiary/aromatic N) is 3. The molecule has 1 atom stereocenters. The smallest absolute Gasteiger partial charge is 0.338 e. The van der Waals surface area contributed by atoms with Gasteiger partial charge in [0.25, 0.3) is 0 Å². The summed E-state index contributed by atoms with van der Waals surface area (Å²) in [6, 6.07) is 10.6. The van der Waals surface area contributed by atoms with Crippen molar-refractivity contribution in [3.05, 3.63) is 74.6 Å². The lowest BCUT2D eigenvalue weighted by molar-refractivity contribution is -0.139. The first-order valence-corrected chi connectivity index (χ1v) is 11.9. The second kappa shape index (κ2) is 10.5. The molecule has 1 unspecified atom stereocenters. The van der Waals surface area contributed by atoms with Crippen LogP contribution >= 0.6 is 27.5 Å². The number of nitrogens with one attached hydrogen (secondary N) is 1. The van der Waals surface area contributed by atoms with Crippen molar-refractivity contribution >= 4 is 39.4 Å². The molecular formula is C24H24BrClN4O4. The molecule has 0 bridgehead atoms. The number of halogens is 2. The molecule has 1 aliphatic heterocycles. The van der Waals surface area contributed by atoms with Gasteiger partial charge in [-0.25, -0.2) is 9.48 Å². The molecule has 10 heteroatoms. The molecule has 0 aliphatic carbocycles. The van der Waals surface area contributed by atoms with Gasteiger partial charge in [-0.1, -0.05) is 30.7 Å². The first kappa shape index (κ1) is 24.1. The van der Waals surface area contributed by atoms with Crippen molar-refractivity contribution in [1.29, 1.82) is 0 Å². The van der Waals surface area contributed by atoms with E-state index in [-0.39, 0.29) is 0 Å². The predicted octanol–water partition coefficient (Wildman–Crippen LogP) is 5.52. The Morgan fingerprint density at radius 3 is 2.74 bits per heavy atom. The first-order chi connectivity index (χ1) is 16.4. The monoisotopic (exact) mass is 546 g/mol. The van der Waals surface area contributed by atoms with Crippen LogP contribution in [0.15, 0.2) is 58.5 Å². The molecule has 0 spiro atoms. The summed E-state index contributed by atoms with van der Waals surface area (Å²) in [7, 11) is 1.57. The maximum atomic E-state index is 13.0. The summed E-state index contributed by atoms with van der Waals surface area (Å²) >= 11 is 9.59. The lowest BCUT2D eigenvalue weighted by Crippen LogP contribution is -2.29. The number of anilines is 1. The molecule has 34 heavy (non-hydrogen) atoms. The number of hydrogen-bond acceptors (Lipinski definition) is 7. The van der Waals surface area contributed by atoms with Gasteiger partial charge in [0, 0.05) is 10.7 Å². The fourth-order valence-electron chi connectivity index (χ4n) is 3.71. The van der Waals surface area contributed by atoms with Crippen LogP contribution in [0.4, 0.5) is 5.95 Å². The highest BCUT2D eigenvalue weighted by molar-refractivity contribution is 9.10. The normalized spacial score (nSPS) is 14.9. The zero-order chi connectivity index (χ0) is 24.2. The molecule has 0 radical (unpaired) electrons. The van der Waals surface area contributed by atoms with E-state index < -0.39 is 12.0 Å². The third-order valence-electron chi connectivity index (χ3n) is 5.32. The zero-order valence-corrected chi connectivity index (χ0v) is 21.3. The lowest BCUT2D eigenvalue weighted by Gasteiger charge is -2.29. The Labute approximate surface area is 211 Å². The van der Waals surface area contributed by atoms with Crippen LogP contribution in [0.1, 0.15) is 37.4 Å². The number of aromatic nitrogens is 3. The maximum absolute atomic E-state index is 13.0. The van der Waals surface area contributed by atoms with Crippen molar-refractivity contribution in [2.24, 2.45) is 0 Å². The number of carbonyl (C=O) groups excluding carboxylic acids is 1. The summed E-state index contributed by atoms with van der Waals surface area (Å²) in [6.07, 6.45) is 2.17. The number of esters is 1. The van der Waals surface area contributed by atoms with Crippen LogP contribution in [0.5, 0.6) is 11.5 Å². The number of allylic oxidation sites excluding steroid dienone is 1. The molecule has 0 saturated heterocycles. The highest BCUT2D eigenvalue weighted by atomic mass is 79.9. The average molecular weight is 548 g/mol. The van der Waals surface area contributed by atoms with Crippen LogP contribution in [-0.2, 0) is 16.1 Å². The van der Waals surface area contributed by atoms with E-state index in [1.807, 2.05) is 50.2 Å². The molecule has 1 aliphatic rings. The molecule has 3 aromatic rings. The van der Waals surface area contributed by atoms with Crippen LogP contribution in [-0.4, -0.2) is 34.5 Å². The predicted molar refractivity (Wildman–Crippen MR) is 132 cm³/mol. The SMILES string of the molecule is CCCOC(=O)C1=C(C)Nc2ncnn2C1c1cc(Br)c(OCc2ccc(Cl)cc2)c(OC)c1. The van der Waals surface area contributed by atoms with E-state index in [1.165, 1.54) is 6.33 Å². The minimum atomic E-state index is -0.557. The summed E-state index contributed by atoms with van der Waals surface area (Å²) < 4.78 is 19.5. The van der Waals surface area contributed by atoms with E-state index in [2.05, 4.69) is 31.3 Å². The van der Waals surface area contributed by atoms with E-state index >= 15 is 0 Å². The van der Waals surface area contributed by atoms with Gasteiger partial charge >= 0.3 is 5.97 Å². The summed E-state index contributed by atoms with van der Waals surface area (Å²) in [5, 5.41) is 8.16. The quantitative estimate of drug-likeness (QED) is 0.371. The van der Waals surface area contributed by atoms with Crippen LogP contribution in [0, 0.1) is 0 Å². The molecule has 2 heterocycles. The van der Waals surface area contributed by atoms with E-state index in [4.69, 9.17) is 25.8 Å². The van der Waals surface area contributed by atoms with Gasteiger partial charge in [0.1, 0.15) is 19.0 Å². The van der Waals surface area contributed by atoms with Crippen LogP contribution in [0.3, 0.4) is 0 Å². The Morgan fingerprint density at radius 1 is 1.26 bits per heavy atom. The highest BCUT2D eigenvalue weighted by Gasteiger charge is 2.35. The van der Waals surface area contributed by atoms with E-state index in [1.54, 1.807) is 11.8 Å². The van der Waals surface area contributed by atoms with Gasteiger partial charge in [-0.3, -0.25) is 0 Å². The standard InChI is InChI=1S/C24H24BrClN4O4/c1-4-9-33-23(31)20-14(2)29-24-27-13-28-30(24)21(20)16-10-18(25)22(19(11-16)32-3)34-12-15-5-7-17(26)8-6-15/h5-8,10-11,13,21H,4,9,12H2,1-3H3,(H,27,28,29). The van der Waals surface area contributed by atoms with Gasteiger partial charge in [-0.05, 0) is 64.7 Å². The maximum Gasteiger partial charge on any atom is 0.338 e. The number of ether oxygens (including phenoxy) is 3. The van der Waals surface area contributed by atoms with Crippen LogP contribution in [0.25, 0.3) is 0 Å². The minimum Gasteiger partial charge on any atom is -0.493 e. The number of rotatable bonds is 8. The second-order valence-electron chi connectivity index (χ2n) is 7.68. The third-order valence-corrected chi connectivity index (χ3v) is 6.16. The number of fused-ring (bicyclic) bond motifs is 1. The van der Waals surface area contributed by atoms with Crippen molar-refractivity contribution < 1.29 is 19.0 Å². The van der Waals surface area contributed by atoms with Crippen LogP contribution in [0.2, 0.25) is 5.02 Å². The zero-order valence-electron chi connectivity index (χ0n) is 19.0. The molecule has 0 fully saturated rings. The van der Waals surface area contributed by atoms with Gasteiger partial charge in [0.2, 0.25) is 5.95 Å². The molecule has 0 amide bonds. The van der Waals surface area contributed by atoms with Gasteiger partial charge in [0.15, 0.2) is 11.5 Å². The van der Waals surface area contributed by atoms with Gasteiger partial charge in [-0.2, -0.15) is 10.1 Å². The fourth-order valence-corrected chi connectivity index (χ4v) is 4.41. The Hall–Kier alpha value is -3.04. The molecule has 1 N–H and O–H groups in total. The molecule has 2 aromatic carbocycles. The Kier molecular flexibility index (Phi) is 7.43. The Balaban J connectivity index is 1.71. The van der Waals surface area contributed by atoms with E-state index in [0.29, 0.717) is 51.4 Å². The lowest BCUT2D eigenvalue weighted by atomic mass is 9.95. The van der Waals surface area contributed by atoms with Gasteiger partial charge in [0.05, 0.1) is 23.8 Å². The number of carbonyl (C=O) groups is 1. The van der Waals surface area contributed by atoms with Gasteiger partial charge < -0.3 is 19.5 Å².